The van der Waals surface area contributed by atoms with Crippen molar-refractivity contribution in [1.29, 1.82) is 0 Å². The number of morpholine rings is 1. The standard InChI is InChI=1S/C24H35NOS/c1-20-6-9-22(10-7-20)4-3-5-23-12-13-24(27-23)11-8-21(2)14-15-25-16-18-26-19-17-25/h6-7,9-10,12-13,21H,3-5,8,11,14-19H2,1-2H3. The lowest BCUT2D eigenvalue weighted by Gasteiger charge is -2.27. The molecule has 27 heavy (non-hydrogen) atoms. The molecule has 1 aliphatic heterocycles. The van der Waals surface area contributed by atoms with Gasteiger partial charge in [-0.15, -0.1) is 11.3 Å². The number of benzene rings is 1. The summed E-state index contributed by atoms with van der Waals surface area (Å²) in [7, 11) is 0. The van der Waals surface area contributed by atoms with Crippen LogP contribution in [0.5, 0.6) is 0 Å². The molecule has 0 aliphatic carbocycles. The molecule has 2 heterocycles. The average molecular weight is 386 g/mol. The van der Waals surface area contributed by atoms with Crippen LogP contribution in [0, 0.1) is 12.8 Å². The fraction of sp³-hybridized carbons (Fsp3) is 0.583. The summed E-state index contributed by atoms with van der Waals surface area (Å²) in [5.41, 5.74) is 2.81. The molecule has 0 bridgehead atoms. The molecule has 0 spiro atoms. The first kappa shape index (κ1) is 20.6. The van der Waals surface area contributed by atoms with E-state index in [0.717, 1.165) is 32.2 Å². The molecule has 0 radical (unpaired) electrons. The lowest BCUT2D eigenvalue weighted by atomic mass is 10.0. The van der Waals surface area contributed by atoms with E-state index in [4.69, 9.17) is 4.74 Å². The molecule has 3 heteroatoms. The third kappa shape index (κ3) is 7.40. The molecule has 1 fully saturated rings. The van der Waals surface area contributed by atoms with Gasteiger partial charge in [0.1, 0.15) is 0 Å². The quantitative estimate of drug-likeness (QED) is 0.534. The molecule has 3 rings (SSSR count). The number of rotatable bonds is 10. The van der Waals surface area contributed by atoms with Gasteiger partial charge < -0.3 is 4.74 Å². The van der Waals surface area contributed by atoms with Crippen molar-refractivity contribution in [2.24, 2.45) is 5.92 Å². The molecule has 0 N–H and O–H groups in total. The second-order valence-corrected chi connectivity index (χ2v) is 9.35. The zero-order valence-corrected chi connectivity index (χ0v) is 17.9. The molecular formula is C24H35NOS. The van der Waals surface area contributed by atoms with Gasteiger partial charge >= 0.3 is 0 Å². The van der Waals surface area contributed by atoms with Gasteiger partial charge in [0.05, 0.1) is 13.2 Å². The third-order valence-electron chi connectivity index (χ3n) is 5.65. The number of hydrogen-bond acceptors (Lipinski definition) is 3. The maximum atomic E-state index is 5.43. The minimum absolute atomic E-state index is 0.805. The van der Waals surface area contributed by atoms with E-state index >= 15 is 0 Å². The van der Waals surface area contributed by atoms with Gasteiger partial charge in [-0.25, -0.2) is 0 Å². The fourth-order valence-corrected chi connectivity index (χ4v) is 4.75. The van der Waals surface area contributed by atoms with Crippen LogP contribution in [0.4, 0.5) is 0 Å². The summed E-state index contributed by atoms with van der Waals surface area (Å²) < 4.78 is 5.43. The highest BCUT2D eigenvalue weighted by Gasteiger charge is 2.12. The third-order valence-corrected chi connectivity index (χ3v) is 6.86. The van der Waals surface area contributed by atoms with Gasteiger partial charge in [-0.05, 0) is 75.6 Å². The predicted octanol–water partition coefficient (Wildman–Crippen LogP) is 5.52. The first-order valence-corrected chi connectivity index (χ1v) is 11.4. The Morgan fingerprint density at radius 3 is 2.37 bits per heavy atom. The van der Waals surface area contributed by atoms with Crippen molar-refractivity contribution in [3.63, 3.8) is 0 Å². The second kappa shape index (κ2) is 11.0. The van der Waals surface area contributed by atoms with Crippen molar-refractivity contribution in [2.45, 2.75) is 52.4 Å². The van der Waals surface area contributed by atoms with Gasteiger partial charge in [0.15, 0.2) is 0 Å². The molecule has 2 aromatic rings. The highest BCUT2D eigenvalue weighted by molar-refractivity contribution is 7.11. The minimum Gasteiger partial charge on any atom is -0.379 e. The van der Waals surface area contributed by atoms with Crippen LogP contribution in [0.3, 0.4) is 0 Å². The lowest BCUT2D eigenvalue weighted by Crippen LogP contribution is -2.37. The van der Waals surface area contributed by atoms with Gasteiger partial charge in [0.2, 0.25) is 0 Å². The molecule has 1 unspecified atom stereocenters. The van der Waals surface area contributed by atoms with Crippen molar-refractivity contribution in [3.8, 4) is 0 Å². The molecule has 0 saturated carbocycles. The van der Waals surface area contributed by atoms with Gasteiger partial charge in [-0.3, -0.25) is 4.90 Å². The molecule has 1 saturated heterocycles. The normalized spacial score (nSPS) is 16.5. The zero-order chi connectivity index (χ0) is 18.9. The Hall–Kier alpha value is -1.16. The zero-order valence-electron chi connectivity index (χ0n) is 17.1. The number of nitrogens with zero attached hydrogens (tertiary/aromatic N) is 1. The molecule has 1 aromatic carbocycles. The van der Waals surface area contributed by atoms with Crippen LogP contribution < -0.4 is 0 Å². The summed E-state index contributed by atoms with van der Waals surface area (Å²) in [6, 6.07) is 13.7. The Bertz CT molecular complexity index is 657. The fourth-order valence-electron chi connectivity index (χ4n) is 3.67. The van der Waals surface area contributed by atoms with Gasteiger partial charge in [0.25, 0.3) is 0 Å². The summed E-state index contributed by atoms with van der Waals surface area (Å²) >= 11 is 2.03. The van der Waals surface area contributed by atoms with Crippen LogP contribution in [0.2, 0.25) is 0 Å². The molecule has 1 aliphatic rings. The van der Waals surface area contributed by atoms with E-state index in [9.17, 15) is 0 Å². The number of aryl methyl sites for hydroxylation is 4. The van der Waals surface area contributed by atoms with Crippen LogP contribution in [0.25, 0.3) is 0 Å². The topological polar surface area (TPSA) is 12.5 Å². The Morgan fingerprint density at radius 2 is 1.63 bits per heavy atom. The van der Waals surface area contributed by atoms with Crippen molar-refractivity contribution in [1.82, 2.24) is 4.90 Å². The van der Waals surface area contributed by atoms with Crippen LogP contribution in [0.15, 0.2) is 36.4 Å². The van der Waals surface area contributed by atoms with E-state index in [1.165, 1.54) is 56.2 Å². The summed E-state index contributed by atoms with van der Waals surface area (Å²) in [5, 5.41) is 0. The molecular weight excluding hydrogens is 350 g/mol. The summed E-state index contributed by atoms with van der Waals surface area (Å²) in [6.07, 6.45) is 7.52. The molecule has 2 nitrogen and oxygen atoms in total. The Labute approximate surface area is 169 Å². The Morgan fingerprint density at radius 1 is 0.926 bits per heavy atom. The maximum absolute atomic E-state index is 5.43. The SMILES string of the molecule is Cc1ccc(CCCc2ccc(CCC(C)CCN3CCOCC3)s2)cc1. The average Bonchev–Trinajstić information content (AvgIpc) is 3.15. The van der Waals surface area contributed by atoms with Crippen LogP contribution in [0.1, 0.15) is 47.1 Å². The predicted molar refractivity (Wildman–Crippen MR) is 117 cm³/mol. The number of thiophene rings is 1. The van der Waals surface area contributed by atoms with Crippen molar-refractivity contribution in [2.75, 3.05) is 32.8 Å². The molecule has 1 aromatic heterocycles. The van der Waals surface area contributed by atoms with Gasteiger partial charge in [-0.1, -0.05) is 36.8 Å². The van der Waals surface area contributed by atoms with E-state index in [1.54, 1.807) is 9.75 Å². The molecule has 148 valence electrons. The summed E-state index contributed by atoms with van der Waals surface area (Å²) in [4.78, 5) is 5.67. The second-order valence-electron chi connectivity index (χ2n) is 8.09. The Kier molecular flexibility index (Phi) is 8.37. The first-order chi connectivity index (χ1) is 13.2. The first-order valence-electron chi connectivity index (χ1n) is 10.6. The van der Waals surface area contributed by atoms with Gasteiger partial charge in [-0.2, -0.15) is 0 Å². The summed E-state index contributed by atoms with van der Waals surface area (Å²) in [6.45, 7) is 9.86. The maximum Gasteiger partial charge on any atom is 0.0594 e. The van der Waals surface area contributed by atoms with E-state index < -0.39 is 0 Å². The van der Waals surface area contributed by atoms with Crippen LogP contribution >= 0.6 is 11.3 Å². The van der Waals surface area contributed by atoms with E-state index in [1.807, 2.05) is 11.3 Å². The number of hydrogen-bond donors (Lipinski definition) is 0. The Balaban J connectivity index is 1.31. The lowest BCUT2D eigenvalue weighted by molar-refractivity contribution is 0.0355. The summed E-state index contributed by atoms with van der Waals surface area (Å²) in [5.74, 6) is 0.805. The highest BCUT2D eigenvalue weighted by atomic mass is 32.1. The van der Waals surface area contributed by atoms with Crippen molar-refractivity contribution >= 4 is 11.3 Å². The van der Waals surface area contributed by atoms with E-state index in [2.05, 4.69) is 55.1 Å². The van der Waals surface area contributed by atoms with Crippen LogP contribution in [-0.2, 0) is 24.0 Å². The van der Waals surface area contributed by atoms with E-state index in [-0.39, 0.29) is 0 Å². The van der Waals surface area contributed by atoms with E-state index in [0.29, 0.717) is 0 Å². The smallest absolute Gasteiger partial charge is 0.0594 e. The highest BCUT2D eigenvalue weighted by Crippen LogP contribution is 2.22. The molecule has 1 atom stereocenters. The molecule has 0 amide bonds. The van der Waals surface area contributed by atoms with Crippen molar-refractivity contribution < 1.29 is 4.74 Å². The van der Waals surface area contributed by atoms with Crippen molar-refractivity contribution in [3.05, 3.63) is 57.3 Å². The largest absolute Gasteiger partial charge is 0.379 e. The number of ether oxygens (including phenoxy) is 1. The van der Waals surface area contributed by atoms with Crippen LogP contribution in [-0.4, -0.2) is 37.7 Å². The van der Waals surface area contributed by atoms with Gasteiger partial charge in [0, 0.05) is 22.8 Å². The minimum atomic E-state index is 0.805. The monoisotopic (exact) mass is 385 g/mol.